The zero-order chi connectivity index (χ0) is 13.1. The third kappa shape index (κ3) is 4.17. The van der Waals surface area contributed by atoms with Crippen LogP contribution in [0.5, 0.6) is 0 Å². The molecule has 110 valence electrons. The van der Waals surface area contributed by atoms with Gasteiger partial charge in [-0.25, -0.2) is 0 Å². The molecule has 0 spiro atoms. The Kier molecular flexibility index (Phi) is 4.78. The highest BCUT2D eigenvalue weighted by molar-refractivity contribution is 4.89. The molecule has 0 amide bonds. The lowest BCUT2D eigenvalue weighted by Crippen LogP contribution is -2.48. The Bertz CT molecular complexity index is 263. The van der Waals surface area contributed by atoms with Gasteiger partial charge in [0.2, 0.25) is 0 Å². The van der Waals surface area contributed by atoms with Crippen LogP contribution in [0.2, 0.25) is 0 Å². The smallest absolute Gasteiger partial charge is 0.00964 e. The first kappa shape index (κ1) is 13.8. The molecule has 0 aromatic carbocycles. The topological polar surface area (TPSA) is 27.3 Å². The summed E-state index contributed by atoms with van der Waals surface area (Å²) in [6, 6.07) is 3.18. The van der Waals surface area contributed by atoms with Crippen LogP contribution in [0.4, 0.5) is 0 Å². The van der Waals surface area contributed by atoms with Gasteiger partial charge in [0.05, 0.1) is 0 Å². The first-order valence-electron chi connectivity index (χ1n) is 8.55. The second-order valence-electron chi connectivity index (χ2n) is 6.99. The van der Waals surface area contributed by atoms with Crippen molar-refractivity contribution in [2.24, 2.45) is 0 Å². The van der Waals surface area contributed by atoms with E-state index in [1.807, 2.05) is 0 Å². The van der Waals surface area contributed by atoms with E-state index in [2.05, 4.69) is 22.5 Å². The minimum absolute atomic E-state index is 0.674. The van der Waals surface area contributed by atoms with Crippen LogP contribution in [0, 0.1) is 0 Å². The van der Waals surface area contributed by atoms with Gasteiger partial charge >= 0.3 is 0 Å². The molecule has 3 rings (SSSR count). The van der Waals surface area contributed by atoms with Gasteiger partial charge in [-0.05, 0) is 71.5 Å². The van der Waals surface area contributed by atoms with E-state index in [-0.39, 0.29) is 0 Å². The lowest BCUT2D eigenvalue weighted by molar-refractivity contribution is 0.181. The van der Waals surface area contributed by atoms with E-state index in [1.54, 1.807) is 0 Å². The van der Waals surface area contributed by atoms with Crippen molar-refractivity contribution in [3.8, 4) is 0 Å². The second kappa shape index (κ2) is 6.55. The Hall–Kier alpha value is -0.120. The van der Waals surface area contributed by atoms with Crippen LogP contribution in [0.25, 0.3) is 0 Å². The molecule has 3 nitrogen and oxygen atoms in total. The summed E-state index contributed by atoms with van der Waals surface area (Å²) in [6.07, 6.45) is 11.1. The zero-order valence-electron chi connectivity index (χ0n) is 12.5. The molecule has 1 saturated carbocycles. The molecule has 3 aliphatic rings. The largest absolute Gasteiger partial charge is 0.314 e. The fraction of sp³-hybridized carbons (Fsp3) is 1.00. The maximum atomic E-state index is 3.88. The normalized spacial score (nSPS) is 32.4. The summed E-state index contributed by atoms with van der Waals surface area (Å²) in [7, 11) is 0. The van der Waals surface area contributed by atoms with Gasteiger partial charge < -0.3 is 15.5 Å². The minimum atomic E-state index is 0.674. The van der Waals surface area contributed by atoms with Crippen LogP contribution in [0.1, 0.15) is 58.3 Å². The molecule has 3 fully saturated rings. The summed E-state index contributed by atoms with van der Waals surface area (Å²) in [5.74, 6) is 0. The molecule has 2 aliphatic heterocycles. The van der Waals surface area contributed by atoms with E-state index in [0.717, 1.165) is 18.1 Å². The van der Waals surface area contributed by atoms with Gasteiger partial charge in [0.15, 0.2) is 0 Å². The van der Waals surface area contributed by atoms with E-state index >= 15 is 0 Å². The Balaban J connectivity index is 1.34. The zero-order valence-corrected chi connectivity index (χ0v) is 12.5. The third-order valence-corrected chi connectivity index (χ3v) is 5.16. The Morgan fingerprint density at radius 3 is 2.53 bits per heavy atom. The third-order valence-electron chi connectivity index (χ3n) is 5.16. The van der Waals surface area contributed by atoms with Crippen LogP contribution in [0.3, 0.4) is 0 Å². The minimum Gasteiger partial charge on any atom is -0.314 e. The second-order valence-corrected chi connectivity index (χ2v) is 6.99. The molecule has 0 aromatic rings. The molecule has 2 atom stereocenters. The van der Waals surface area contributed by atoms with Gasteiger partial charge in [0.1, 0.15) is 0 Å². The van der Waals surface area contributed by atoms with Crippen molar-refractivity contribution in [1.29, 1.82) is 0 Å². The number of rotatable bonds is 5. The Labute approximate surface area is 118 Å². The molecule has 2 heterocycles. The lowest BCUT2D eigenvalue weighted by atomic mass is 9.97. The van der Waals surface area contributed by atoms with Gasteiger partial charge in [-0.1, -0.05) is 6.42 Å². The fourth-order valence-electron chi connectivity index (χ4n) is 3.89. The quantitative estimate of drug-likeness (QED) is 0.797. The Morgan fingerprint density at radius 1 is 1.11 bits per heavy atom. The average molecular weight is 265 g/mol. The molecular formula is C16H31N3. The maximum Gasteiger partial charge on any atom is 0.00964 e. The monoisotopic (exact) mass is 265 g/mol. The van der Waals surface area contributed by atoms with E-state index < -0.39 is 0 Å². The van der Waals surface area contributed by atoms with Crippen LogP contribution in [-0.2, 0) is 0 Å². The Morgan fingerprint density at radius 2 is 1.89 bits per heavy atom. The standard InChI is InChI=1S/C16H31N3/c1-13(12-15-4-2-3-9-17-15)18-14-7-10-19(11-8-14)16-5-6-16/h13-18H,2-12H2,1H3. The molecule has 0 aromatic heterocycles. The summed E-state index contributed by atoms with van der Waals surface area (Å²) < 4.78 is 0. The first-order chi connectivity index (χ1) is 9.31. The van der Waals surface area contributed by atoms with Crippen LogP contribution >= 0.6 is 0 Å². The number of nitrogens with zero attached hydrogens (tertiary/aromatic N) is 1. The number of nitrogens with one attached hydrogen (secondary N) is 2. The predicted octanol–water partition coefficient (Wildman–Crippen LogP) is 2.12. The summed E-state index contributed by atoms with van der Waals surface area (Å²) >= 11 is 0. The van der Waals surface area contributed by atoms with E-state index in [9.17, 15) is 0 Å². The van der Waals surface area contributed by atoms with E-state index in [1.165, 1.54) is 71.0 Å². The SMILES string of the molecule is CC(CC1CCCCN1)NC1CCN(C2CC2)CC1. The van der Waals surface area contributed by atoms with Crippen molar-refractivity contribution in [3.05, 3.63) is 0 Å². The van der Waals surface area contributed by atoms with Crippen LogP contribution in [-0.4, -0.2) is 48.7 Å². The average Bonchev–Trinajstić information content (AvgIpc) is 3.25. The molecule has 1 aliphatic carbocycles. The first-order valence-corrected chi connectivity index (χ1v) is 8.55. The maximum absolute atomic E-state index is 3.88. The lowest BCUT2D eigenvalue weighted by Gasteiger charge is -2.35. The van der Waals surface area contributed by atoms with Crippen molar-refractivity contribution in [3.63, 3.8) is 0 Å². The predicted molar refractivity (Wildman–Crippen MR) is 80.5 cm³/mol. The van der Waals surface area contributed by atoms with E-state index in [0.29, 0.717) is 6.04 Å². The van der Waals surface area contributed by atoms with E-state index in [4.69, 9.17) is 0 Å². The number of piperidine rings is 2. The van der Waals surface area contributed by atoms with Gasteiger partial charge in [-0.15, -0.1) is 0 Å². The van der Waals surface area contributed by atoms with Crippen molar-refractivity contribution in [2.45, 2.75) is 82.5 Å². The molecule has 2 N–H and O–H groups in total. The molecule has 0 bridgehead atoms. The van der Waals surface area contributed by atoms with Gasteiger partial charge in [0.25, 0.3) is 0 Å². The van der Waals surface area contributed by atoms with Gasteiger partial charge in [0, 0.05) is 24.2 Å². The number of hydrogen-bond acceptors (Lipinski definition) is 3. The van der Waals surface area contributed by atoms with Crippen molar-refractivity contribution >= 4 is 0 Å². The molecule has 19 heavy (non-hydrogen) atoms. The molecule has 0 radical (unpaired) electrons. The molecular weight excluding hydrogens is 234 g/mol. The van der Waals surface area contributed by atoms with Crippen molar-refractivity contribution < 1.29 is 0 Å². The molecule has 2 unspecified atom stereocenters. The summed E-state index contributed by atoms with van der Waals surface area (Å²) in [4.78, 5) is 2.71. The number of hydrogen-bond donors (Lipinski definition) is 2. The molecule has 2 saturated heterocycles. The molecule has 3 heteroatoms. The van der Waals surface area contributed by atoms with Crippen LogP contribution in [0.15, 0.2) is 0 Å². The summed E-state index contributed by atoms with van der Waals surface area (Å²) in [5.41, 5.74) is 0. The van der Waals surface area contributed by atoms with Gasteiger partial charge in [-0.2, -0.15) is 0 Å². The highest BCUT2D eigenvalue weighted by Gasteiger charge is 2.32. The summed E-state index contributed by atoms with van der Waals surface area (Å²) in [6.45, 7) is 6.27. The highest BCUT2D eigenvalue weighted by Crippen LogP contribution is 2.29. The highest BCUT2D eigenvalue weighted by atomic mass is 15.2. The van der Waals surface area contributed by atoms with Crippen molar-refractivity contribution in [1.82, 2.24) is 15.5 Å². The fourth-order valence-corrected chi connectivity index (χ4v) is 3.89. The van der Waals surface area contributed by atoms with Crippen molar-refractivity contribution in [2.75, 3.05) is 19.6 Å². The van der Waals surface area contributed by atoms with Crippen LogP contribution < -0.4 is 10.6 Å². The van der Waals surface area contributed by atoms with Gasteiger partial charge in [-0.3, -0.25) is 0 Å². The summed E-state index contributed by atoms with van der Waals surface area (Å²) in [5, 5.41) is 7.55. The number of likely N-dealkylation sites (tertiary alicyclic amines) is 1.